The zero-order valence-corrected chi connectivity index (χ0v) is 19.7. The number of hydrogen-bond acceptors (Lipinski definition) is 8. The molecule has 6 rings (SSSR count). The lowest BCUT2D eigenvalue weighted by molar-refractivity contribution is -0.105. The van der Waals surface area contributed by atoms with Crippen LogP contribution in [0, 0.1) is 11.3 Å². The summed E-state index contributed by atoms with van der Waals surface area (Å²) >= 11 is 1.46. The molecule has 0 bridgehead atoms. The van der Waals surface area contributed by atoms with Crippen molar-refractivity contribution in [2.24, 2.45) is 0 Å². The molecule has 3 aromatic rings. The summed E-state index contributed by atoms with van der Waals surface area (Å²) in [6, 6.07) is 7.12. The molecule has 2 atom stereocenters. The molecule has 2 aliphatic heterocycles. The van der Waals surface area contributed by atoms with Gasteiger partial charge >= 0.3 is 0 Å². The van der Waals surface area contributed by atoms with Gasteiger partial charge in [0.15, 0.2) is 6.23 Å². The van der Waals surface area contributed by atoms with Crippen LogP contribution < -0.4 is 4.90 Å². The quantitative estimate of drug-likeness (QED) is 0.564. The second kappa shape index (κ2) is 8.35. The number of ether oxygens (including phenoxy) is 2. The average molecular weight is 465 g/mol. The largest absolute Gasteiger partial charge is 0.377 e. The summed E-state index contributed by atoms with van der Waals surface area (Å²) in [6.07, 6.45) is 7.84. The Bertz CT molecular complexity index is 1200. The molecule has 3 aromatic heterocycles. The first-order valence-corrected chi connectivity index (χ1v) is 12.7. The Morgan fingerprint density at radius 3 is 2.82 bits per heavy atom. The van der Waals surface area contributed by atoms with Gasteiger partial charge in [-0.1, -0.05) is 19.3 Å². The summed E-state index contributed by atoms with van der Waals surface area (Å²) in [7, 11) is 0. The highest BCUT2D eigenvalue weighted by atomic mass is 32.1. The van der Waals surface area contributed by atoms with Gasteiger partial charge in [0, 0.05) is 19.2 Å². The lowest BCUT2D eigenvalue weighted by Gasteiger charge is -2.36. The molecule has 1 aliphatic carbocycles. The molecule has 9 heteroatoms. The van der Waals surface area contributed by atoms with Crippen molar-refractivity contribution in [2.45, 2.75) is 63.1 Å². The summed E-state index contributed by atoms with van der Waals surface area (Å²) in [5.41, 5.74) is 3.23. The molecule has 0 spiro atoms. The van der Waals surface area contributed by atoms with Crippen LogP contribution in [0.25, 0.3) is 21.6 Å². The van der Waals surface area contributed by atoms with E-state index in [9.17, 15) is 5.26 Å². The third-order valence-corrected chi connectivity index (χ3v) is 8.24. The molecular weight excluding hydrogens is 436 g/mol. The van der Waals surface area contributed by atoms with Gasteiger partial charge in [0.1, 0.15) is 17.0 Å². The first-order valence-electron chi connectivity index (χ1n) is 11.9. The number of anilines is 1. The monoisotopic (exact) mass is 464 g/mol. The zero-order chi connectivity index (χ0) is 22.4. The number of morpholine rings is 1. The first-order chi connectivity index (χ1) is 16.2. The summed E-state index contributed by atoms with van der Waals surface area (Å²) in [5.74, 6) is 0.918. The maximum Gasteiger partial charge on any atom is 0.153 e. The van der Waals surface area contributed by atoms with E-state index < -0.39 is 5.41 Å². The van der Waals surface area contributed by atoms with Gasteiger partial charge in [-0.3, -0.25) is 0 Å². The van der Waals surface area contributed by atoms with Gasteiger partial charge in [-0.2, -0.15) is 14.7 Å². The van der Waals surface area contributed by atoms with E-state index in [-0.39, 0.29) is 12.3 Å². The molecule has 8 nitrogen and oxygen atoms in total. The maximum atomic E-state index is 10.4. The van der Waals surface area contributed by atoms with Crippen LogP contribution in [0.4, 0.5) is 5.82 Å². The molecule has 3 fully saturated rings. The average Bonchev–Trinajstić information content (AvgIpc) is 3.45. The summed E-state index contributed by atoms with van der Waals surface area (Å²) < 4.78 is 19.2. The van der Waals surface area contributed by atoms with Gasteiger partial charge in [-0.05, 0) is 49.0 Å². The SMILES string of the molecule is C[C@@H]1COCCN1c1cc(C2(C#N)CCCCC2)c2snc(-c3ccnn3C3CCO3)c2n1. The van der Waals surface area contributed by atoms with Crippen LogP contribution in [0.3, 0.4) is 0 Å². The van der Waals surface area contributed by atoms with Crippen molar-refractivity contribution in [1.29, 1.82) is 5.26 Å². The van der Waals surface area contributed by atoms with Crippen LogP contribution in [-0.2, 0) is 14.9 Å². The number of fused-ring (bicyclic) bond motifs is 1. The first kappa shape index (κ1) is 21.0. The minimum Gasteiger partial charge on any atom is -0.377 e. The van der Waals surface area contributed by atoms with Crippen molar-refractivity contribution in [1.82, 2.24) is 19.1 Å². The maximum absolute atomic E-state index is 10.4. The smallest absolute Gasteiger partial charge is 0.153 e. The molecule has 0 aromatic carbocycles. The fourth-order valence-corrected chi connectivity index (χ4v) is 6.33. The number of nitrogens with zero attached hydrogens (tertiary/aromatic N) is 6. The Hall–Kier alpha value is -2.54. The van der Waals surface area contributed by atoms with Crippen LogP contribution in [0.2, 0.25) is 0 Å². The van der Waals surface area contributed by atoms with Crippen LogP contribution in [0.1, 0.15) is 57.2 Å². The fraction of sp³-hybridized carbons (Fsp3) is 0.583. The van der Waals surface area contributed by atoms with Gasteiger partial charge in [-0.25, -0.2) is 9.67 Å². The normalized spacial score (nSPS) is 25.0. The van der Waals surface area contributed by atoms with Crippen LogP contribution >= 0.6 is 11.5 Å². The number of rotatable bonds is 4. The van der Waals surface area contributed by atoms with Crippen LogP contribution in [-0.4, -0.2) is 51.5 Å². The van der Waals surface area contributed by atoms with Gasteiger partial charge in [0.2, 0.25) is 0 Å². The molecule has 3 aliphatic rings. The number of nitriles is 1. The predicted molar refractivity (Wildman–Crippen MR) is 126 cm³/mol. The van der Waals surface area contributed by atoms with Gasteiger partial charge in [-0.15, -0.1) is 0 Å². The Balaban J connectivity index is 1.55. The minimum atomic E-state index is -0.481. The molecule has 0 radical (unpaired) electrons. The summed E-state index contributed by atoms with van der Waals surface area (Å²) in [6.45, 7) is 5.08. The summed E-state index contributed by atoms with van der Waals surface area (Å²) in [4.78, 5) is 7.47. The Morgan fingerprint density at radius 2 is 2.09 bits per heavy atom. The van der Waals surface area contributed by atoms with Gasteiger partial charge < -0.3 is 14.4 Å². The van der Waals surface area contributed by atoms with Gasteiger partial charge in [0.05, 0.1) is 47.7 Å². The molecule has 1 unspecified atom stereocenters. The third-order valence-electron chi connectivity index (χ3n) is 7.37. The topological polar surface area (TPSA) is 89.1 Å². The molecule has 0 N–H and O–H groups in total. The molecule has 33 heavy (non-hydrogen) atoms. The van der Waals surface area contributed by atoms with Crippen molar-refractivity contribution in [3.8, 4) is 17.5 Å². The standard InChI is InChI=1S/C24H28N6O2S/c1-16-14-31-12-10-29(16)19-13-17(24(15-25)7-3-2-4-8-24)23-22(27-19)21(28-33-23)18-5-9-26-30(18)20-6-11-32-20/h5,9,13,16,20H,2-4,6-8,10-12,14H2,1H3/t16-,20?/m1/s1. The Labute approximate surface area is 197 Å². The van der Waals surface area contributed by atoms with Crippen molar-refractivity contribution < 1.29 is 9.47 Å². The van der Waals surface area contributed by atoms with Crippen molar-refractivity contribution in [3.63, 3.8) is 0 Å². The highest BCUT2D eigenvalue weighted by Crippen LogP contribution is 2.46. The van der Waals surface area contributed by atoms with E-state index in [1.807, 2.05) is 10.7 Å². The number of aromatic nitrogens is 4. The van der Waals surface area contributed by atoms with E-state index in [0.29, 0.717) is 13.2 Å². The van der Waals surface area contributed by atoms with Crippen LogP contribution in [0.15, 0.2) is 18.3 Å². The third kappa shape index (κ3) is 3.43. The lowest BCUT2D eigenvalue weighted by Crippen LogP contribution is -2.44. The predicted octanol–water partition coefficient (Wildman–Crippen LogP) is 4.42. The van der Waals surface area contributed by atoms with E-state index in [0.717, 1.165) is 78.2 Å². The number of hydrogen-bond donors (Lipinski definition) is 0. The van der Waals surface area contributed by atoms with E-state index in [2.05, 4.69) is 29.1 Å². The van der Waals surface area contributed by atoms with Gasteiger partial charge in [0.25, 0.3) is 0 Å². The van der Waals surface area contributed by atoms with Crippen molar-refractivity contribution in [3.05, 3.63) is 23.9 Å². The van der Waals surface area contributed by atoms with Crippen molar-refractivity contribution in [2.75, 3.05) is 31.3 Å². The molecular formula is C24H28N6O2S. The van der Waals surface area contributed by atoms with E-state index in [1.54, 1.807) is 6.20 Å². The lowest BCUT2D eigenvalue weighted by atomic mass is 9.70. The molecule has 0 amide bonds. The fourth-order valence-electron chi connectivity index (χ4n) is 5.39. The van der Waals surface area contributed by atoms with Crippen molar-refractivity contribution >= 4 is 27.6 Å². The molecule has 5 heterocycles. The Kier molecular flexibility index (Phi) is 5.32. The molecule has 1 saturated carbocycles. The Morgan fingerprint density at radius 1 is 1.24 bits per heavy atom. The second-order valence-corrected chi connectivity index (χ2v) is 10.2. The van der Waals surface area contributed by atoms with E-state index in [4.69, 9.17) is 18.8 Å². The molecule has 2 saturated heterocycles. The zero-order valence-electron chi connectivity index (χ0n) is 18.9. The molecule has 172 valence electrons. The van der Waals surface area contributed by atoms with Crippen LogP contribution in [0.5, 0.6) is 0 Å². The van der Waals surface area contributed by atoms with E-state index >= 15 is 0 Å². The second-order valence-electron chi connectivity index (χ2n) is 9.38. The highest BCUT2D eigenvalue weighted by Gasteiger charge is 2.38. The van der Waals surface area contributed by atoms with E-state index in [1.165, 1.54) is 18.0 Å². The minimum absolute atomic E-state index is 0.0440. The number of pyridine rings is 1. The summed E-state index contributed by atoms with van der Waals surface area (Å²) in [5, 5.41) is 14.9. The highest BCUT2D eigenvalue weighted by molar-refractivity contribution is 7.13.